The highest BCUT2D eigenvalue weighted by Crippen LogP contribution is 2.27. The van der Waals surface area contributed by atoms with E-state index in [1.54, 1.807) is 14.0 Å². The van der Waals surface area contributed by atoms with Gasteiger partial charge in [0.15, 0.2) is 5.15 Å². The van der Waals surface area contributed by atoms with Crippen LogP contribution in [0.25, 0.3) is 0 Å². The lowest BCUT2D eigenvalue weighted by molar-refractivity contribution is 0.0527. The van der Waals surface area contributed by atoms with Gasteiger partial charge < -0.3 is 10.1 Å². The largest absolute Gasteiger partial charge is 0.462 e. The first-order valence-electron chi connectivity index (χ1n) is 4.31. The van der Waals surface area contributed by atoms with E-state index in [0.29, 0.717) is 12.3 Å². The Morgan fingerprint density at radius 1 is 1.60 bits per heavy atom. The van der Waals surface area contributed by atoms with Gasteiger partial charge in [-0.25, -0.2) is 9.78 Å². The molecular weight excluding hydrogens is 239 g/mol. The molecule has 0 radical (unpaired) electrons. The van der Waals surface area contributed by atoms with Crippen molar-refractivity contribution in [3.05, 3.63) is 21.9 Å². The van der Waals surface area contributed by atoms with E-state index in [9.17, 15) is 4.79 Å². The van der Waals surface area contributed by atoms with Crippen LogP contribution in [0.2, 0.25) is 10.3 Å². The van der Waals surface area contributed by atoms with Crippen molar-refractivity contribution in [1.82, 2.24) is 4.98 Å². The molecule has 0 aliphatic rings. The Bertz CT molecular complexity index is 383. The van der Waals surface area contributed by atoms with Crippen LogP contribution in [0.3, 0.4) is 0 Å². The van der Waals surface area contributed by atoms with Gasteiger partial charge in [0.2, 0.25) is 0 Å². The molecule has 0 saturated heterocycles. The number of pyridine rings is 1. The maximum absolute atomic E-state index is 11.5. The first-order valence-corrected chi connectivity index (χ1v) is 5.06. The predicted molar refractivity (Wildman–Crippen MR) is 59.8 cm³/mol. The zero-order valence-corrected chi connectivity index (χ0v) is 9.82. The van der Waals surface area contributed by atoms with Crippen LogP contribution in [0.1, 0.15) is 17.3 Å². The van der Waals surface area contributed by atoms with Crippen LogP contribution in [-0.2, 0) is 4.74 Å². The van der Waals surface area contributed by atoms with Gasteiger partial charge in [0.05, 0.1) is 17.9 Å². The van der Waals surface area contributed by atoms with Crippen molar-refractivity contribution in [2.24, 2.45) is 0 Å². The normalized spacial score (nSPS) is 9.87. The van der Waals surface area contributed by atoms with E-state index in [-0.39, 0.29) is 15.9 Å². The summed E-state index contributed by atoms with van der Waals surface area (Å²) in [5.74, 6) is -0.479. The summed E-state index contributed by atoms with van der Waals surface area (Å²) in [5.41, 5.74) is 0.698. The Balaban J connectivity index is 3.20. The Morgan fingerprint density at radius 2 is 2.27 bits per heavy atom. The predicted octanol–water partition coefficient (Wildman–Crippen LogP) is 2.61. The molecule has 0 aliphatic carbocycles. The average molecular weight is 249 g/mol. The second-order valence-corrected chi connectivity index (χ2v) is 3.37. The number of hydrogen-bond acceptors (Lipinski definition) is 4. The van der Waals surface area contributed by atoms with Gasteiger partial charge in [0.1, 0.15) is 5.15 Å². The number of halogens is 2. The average Bonchev–Trinajstić information content (AvgIpc) is 2.17. The fourth-order valence-electron chi connectivity index (χ4n) is 1.09. The molecule has 1 aromatic rings. The van der Waals surface area contributed by atoms with Gasteiger partial charge in [-0.3, -0.25) is 0 Å². The monoisotopic (exact) mass is 248 g/mol. The summed E-state index contributed by atoms with van der Waals surface area (Å²) in [6, 6.07) is 1.41. The fourth-order valence-corrected chi connectivity index (χ4v) is 1.62. The number of carbonyl (C=O) groups excluding carboxylic acids is 1. The summed E-state index contributed by atoms with van der Waals surface area (Å²) in [6.07, 6.45) is 0. The molecule has 6 heteroatoms. The van der Waals surface area contributed by atoms with Gasteiger partial charge in [-0.15, -0.1) is 0 Å². The Hall–Kier alpha value is -1.00. The SMILES string of the molecule is CCOC(=O)c1cc(Cl)nc(Cl)c1NC. The molecule has 0 aliphatic heterocycles. The van der Waals surface area contributed by atoms with E-state index in [0.717, 1.165) is 0 Å². The van der Waals surface area contributed by atoms with E-state index in [4.69, 9.17) is 27.9 Å². The van der Waals surface area contributed by atoms with Gasteiger partial charge in [0, 0.05) is 7.05 Å². The standard InChI is InChI=1S/C9H10Cl2N2O2/c1-3-15-9(14)5-4-6(10)13-8(11)7(5)12-2/h4,12H,3H2,1-2H3. The molecule has 0 unspecified atom stereocenters. The first kappa shape index (κ1) is 12.1. The molecule has 0 bridgehead atoms. The number of carbonyl (C=O) groups is 1. The lowest BCUT2D eigenvalue weighted by atomic mass is 10.2. The highest BCUT2D eigenvalue weighted by molar-refractivity contribution is 6.35. The summed E-state index contributed by atoms with van der Waals surface area (Å²) >= 11 is 11.5. The molecule has 15 heavy (non-hydrogen) atoms. The summed E-state index contributed by atoms with van der Waals surface area (Å²) < 4.78 is 4.86. The minimum Gasteiger partial charge on any atom is -0.462 e. The van der Waals surface area contributed by atoms with E-state index in [1.807, 2.05) is 0 Å². The van der Waals surface area contributed by atoms with Crippen LogP contribution in [0.4, 0.5) is 5.69 Å². The molecule has 1 rings (SSSR count). The van der Waals surface area contributed by atoms with Crippen LogP contribution in [0.15, 0.2) is 6.07 Å². The van der Waals surface area contributed by atoms with Gasteiger partial charge in [-0.1, -0.05) is 23.2 Å². The van der Waals surface area contributed by atoms with E-state index in [1.165, 1.54) is 6.07 Å². The number of esters is 1. The molecule has 82 valence electrons. The summed E-state index contributed by atoms with van der Waals surface area (Å²) in [4.78, 5) is 15.3. The molecule has 0 amide bonds. The summed E-state index contributed by atoms with van der Waals surface area (Å²) in [6.45, 7) is 2.01. The minimum atomic E-state index is -0.479. The van der Waals surface area contributed by atoms with Gasteiger partial charge >= 0.3 is 5.97 Å². The quantitative estimate of drug-likeness (QED) is 0.660. The lowest BCUT2D eigenvalue weighted by Crippen LogP contribution is -2.09. The number of hydrogen-bond donors (Lipinski definition) is 1. The summed E-state index contributed by atoms with van der Waals surface area (Å²) in [5, 5.41) is 3.08. The highest BCUT2D eigenvalue weighted by atomic mass is 35.5. The molecule has 1 N–H and O–H groups in total. The minimum absolute atomic E-state index is 0.146. The second kappa shape index (κ2) is 5.19. The molecule has 4 nitrogen and oxygen atoms in total. The van der Waals surface area contributed by atoms with Crippen molar-refractivity contribution < 1.29 is 9.53 Å². The van der Waals surface area contributed by atoms with Crippen molar-refractivity contribution in [1.29, 1.82) is 0 Å². The highest BCUT2D eigenvalue weighted by Gasteiger charge is 2.16. The number of anilines is 1. The van der Waals surface area contributed by atoms with Crippen LogP contribution in [0, 0.1) is 0 Å². The Labute approximate surface area is 97.5 Å². The van der Waals surface area contributed by atoms with Crippen LogP contribution in [-0.4, -0.2) is 24.6 Å². The van der Waals surface area contributed by atoms with Crippen LogP contribution in [0.5, 0.6) is 0 Å². The molecule has 0 spiro atoms. The maximum Gasteiger partial charge on any atom is 0.340 e. The van der Waals surface area contributed by atoms with Crippen LogP contribution < -0.4 is 5.32 Å². The zero-order chi connectivity index (χ0) is 11.4. The van der Waals surface area contributed by atoms with Gasteiger partial charge in [-0.2, -0.15) is 0 Å². The number of aromatic nitrogens is 1. The second-order valence-electron chi connectivity index (χ2n) is 2.63. The van der Waals surface area contributed by atoms with E-state index < -0.39 is 5.97 Å². The fraction of sp³-hybridized carbons (Fsp3) is 0.333. The Morgan fingerprint density at radius 3 is 2.80 bits per heavy atom. The number of nitrogens with one attached hydrogen (secondary N) is 1. The van der Waals surface area contributed by atoms with Crippen molar-refractivity contribution in [2.75, 3.05) is 19.0 Å². The van der Waals surface area contributed by atoms with Crippen LogP contribution >= 0.6 is 23.2 Å². The number of ether oxygens (including phenoxy) is 1. The lowest BCUT2D eigenvalue weighted by Gasteiger charge is -2.09. The van der Waals surface area contributed by atoms with Crippen molar-refractivity contribution in [3.8, 4) is 0 Å². The zero-order valence-electron chi connectivity index (χ0n) is 8.30. The molecule has 1 aromatic heterocycles. The van der Waals surface area contributed by atoms with E-state index in [2.05, 4.69) is 10.3 Å². The maximum atomic E-state index is 11.5. The summed E-state index contributed by atoms with van der Waals surface area (Å²) in [7, 11) is 1.64. The third-order valence-corrected chi connectivity index (χ3v) is 2.16. The molecule has 0 atom stereocenters. The Kier molecular flexibility index (Phi) is 4.17. The smallest absolute Gasteiger partial charge is 0.340 e. The van der Waals surface area contributed by atoms with Crippen molar-refractivity contribution in [2.45, 2.75) is 6.92 Å². The molecule has 1 heterocycles. The third kappa shape index (κ3) is 2.73. The molecule has 0 fully saturated rings. The van der Waals surface area contributed by atoms with E-state index >= 15 is 0 Å². The number of nitrogens with zero attached hydrogens (tertiary/aromatic N) is 1. The third-order valence-electron chi connectivity index (χ3n) is 1.69. The first-order chi connectivity index (χ1) is 7.10. The van der Waals surface area contributed by atoms with Gasteiger partial charge in [-0.05, 0) is 13.0 Å². The molecule has 0 aromatic carbocycles. The topological polar surface area (TPSA) is 51.2 Å². The molecule has 0 saturated carbocycles. The van der Waals surface area contributed by atoms with Crippen molar-refractivity contribution >= 4 is 34.9 Å². The number of rotatable bonds is 3. The van der Waals surface area contributed by atoms with Crippen molar-refractivity contribution in [3.63, 3.8) is 0 Å². The van der Waals surface area contributed by atoms with Gasteiger partial charge in [0.25, 0.3) is 0 Å². The molecular formula is C9H10Cl2N2O2.